The van der Waals surface area contributed by atoms with E-state index in [1.165, 1.54) is 4.90 Å². The molecule has 0 spiro atoms. The van der Waals surface area contributed by atoms with Crippen molar-refractivity contribution in [3.8, 4) is 0 Å². The lowest BCUT2D eigenvalue weighted by atomic mass is 10.2. The van der Waals surface area contributed by atoms with E-state index in [0.29, 0.717) is 10.7 Å². The first-order valence-electron chi connectivity index (χ1n) is 5.59. The Hall–Kier alpha value is -1.37. The van der Waals surface area contributed by atoms with E-state index in [9.17, 15) is 13.2 Å². The van der Waals surface area contributed by atoms with Gasteiger partial charge in [0.05, 0.1) is 6.20 Å². The van der Waals surface area contributed by atoms with E-state index in [0.717, 1.165) is 5.39 Å². The lowest BCUT2D eigenvalue weighted by Crippen LogP contribution is -2.36. The van der Waals surface area contributed by atoms with Crippen molar-refractivity contribution in [1.82, 2.24) is 10.2 Å². The molecule has 0 radical (unpaired) electrons. The molecular weight excluding hydrogens is 323 g/mol. The quantitative estimate of drug-likeness (QED) is 0.803. The maximum Gasteiger partial charge on any atom is 0.405 e. The molecule has 1 aromatic heterocycles. The Balaban J connectivity index is 2.44. The van der Waals surface area contributed by atoms with Crippen LogP contribution in [0.1, 0.15) is 0 Å². The first-order valence-corrected chi connectivity index (χ1v) is 6.71. The first kappa shape index (κ1) is 14.0. The summed E-state index contributed by atoms with van der Waals surface area (Å²) in [6.45, 7) is -0.830. The van der Waals surface area contributed by atoms with Crippen LogP contribution in [-0.2, 0) is 0 Å². The van der Waals surface area contributed by atoms with Crippen molar-refractivity contribution < 1.29 is 13.2 Å². The SMILES string of the molecule is FC(F)(F)CN(CCBr)c1nncc2ccccc12. The molecule has 1 aromatic carbocycles. The monoisotopic (exact) mass is 333 g/mol. The minimum absolute atomic E-state index is 0.211. The molecule has 2 rings (SSSR count). The molecule has 0 atom stereocenters. The fraction of sp³-hybridized carbons (Fsp3) is 0.333. The van der Waals surface area contributed by atoms with Crippen LogP contribution < -0.4 is 4.90 Å². The Kier molecular flexibility index (Phi) is 4.24. The Labute approximate surface area is 116 Å². The lowest BCUT2D eigenvalue weighted by Gasteiger charge is -2.24. The highest BCUT2D eigenvalue weighted by atomic mass is 79.9. The first-order chi connectivity index (χ1) is 9.01. The summed E-state index contributed by atoms with van der Waals surface area (Å²) in [5, 5.41) is 9.50. The standard InChI is InChI=1S/C12H11BrF3N3/c13-5-6-19(8-12(14,15)16)11-10-4-2-1-3-9(10)7-17-18-11/h1-4,7H,5-6,8H2. The molecule has 102 valence electrons. The summed E-state index contributed by atoms with van der Waals surface area (Å²) in [6.07, 6.45) is -2.74. The molecule has 0 fully saturated rings. The summed E-state index contributed by atoms with van der Waals surface area (Å²) in [6, 6.07) is 7.13. The number of hydrogen-bond donors (Lipinski definition) is 0. The number of aromatic nitrogens is 2. The van der Waals surface area contributed by atoms with E-state index in [2.05, 4.69) is 26.1 Å². The Morgan fingerprint density at radius 1 is 1.21 bits per heavy atom. The van der Waals surface area contributed by atoms with Crippen molar-refractivity contribution >= 4 is 32.5 Å². The maximum absolute atomic E-state index is 12.6. The summed E-state index contributed by atoms with van der Waals surface area (Å²) in [5.41, 5.74) is 0. The predicted molar refractivity (Wildman–Crippen MR) is 71.6 cm³/mol. The van der Waals surface area contributed by atoms with Crippen LogP contribution in [0.2, 0.25) is 0 Å². The topological polar surface area (TPSA) is 29.0 Å². The zero-order valence-corrected chi connectivity index (χ0v) is 11.4. The van der Waals surface area contributed by atoms with Crippen molar-refractivity contribution in [1.29, 1.82) is 0 Å². The van der Waals surface area contributed by atoms with Gasteiger partial charge < -0.3 is 4.90 Å². The largest absolute Gasteiger partial charge is 0.405 e. The summed E-state index contributed by atoms with van der Waals surface area (Å²) < 4.78 is 37.8. The molecule has 0 saturated carbocycles. The normalized spacial score (nSPS) is 11.8. The maximum atomic E-state index is 12.6. The molecule has 0 bridgehead atoms. The van der Waals surface area contributed by atoms with Gasteiger partial charge in [-0.15, -0.1) is 5.10 Å². The minimum atomic E-state index is -4.28. The number of hydrogen-bond acceptors (Lipinski definition) is 3. The van der Waals surface area contributed by atoms with E-state index in [1.807, 2.05) is 6.07 Å². The molecule has 0 aliphatic rings. The van der Waals surface area contributed by atoms with E-state index in [-0.39, 0.29) is 12.4 Å². The van der Waals surface area contributed by atoms with E-state index in [1.54, 1.807) is 24.4 Å². The number of halogens is 4. The van der Waals surface area contributed by atoms with E-state index >= 15 is 0 Å². The number of fused-ring (bicyclic) bond motifs is 1. The van der Waals surface area contributed by atoms with Crippen molar-refractivity contribution in [2.75, 3.05) is 23.3 Å². The van der Waals surface area contributed by atoms with Gasteiger partial charge in [-0.05, 0) is 0 Å². The van der Waals surface area contributed by atoms with Crippen LogP contribution in [-0.4, -0.2) is 34.8 Å². The number of nitrogens with zero attached hydrogens (tertiary/aromatic N) is 3. The molecule has 1 heterocycles. The number of benzene rings is 1. The zero-order valence-electron chi connectivity index (χ0n) is 9.86. The molecular formula is C12H11BrF3N3. The van der Waals surface area contributed by atoms with Gasteiger partial charge in [0.2, 0.25) is 0 Å². The summed E-state index contributed by atoms with van der Waals surface area (Å²) in [4.78, 5) is 1.18. The second-order valence-electron chi connectivity index (χ2n) is 3.98. The van der Waals surface area contributed by atoms with Crippen LogP contribution in [0, 0.1) is 0 Å². The average molecular weight is 334 g/mol. The van der Waals surface area contributed by atoms with Crippen molar-refractivity contribution in [2.45, 2.75) is 6.18 Å². The Morgan fingerprint density at radius 3 is 2.63 bits per heavy atom. The van der Waals surface area contributed by atoms with E-state index in [4.69, 9.17) is 0 Å². The molecule has 7 heteroatoms. The second-order valence-corrected chi connectivity index (χ2v) is 4.77. The molecule has 0 amide bonds. The van der Waals surface area contributed by atoms with Gasteiger partial charge in [0, 0.05) is 22.6 Å². The molecule has 0 saturated heterocycles. The highest BCUT2D eigenvalue weighted by molar-refractivity contribution is 9.09. The van der Waals surface area contributed by atoms with Gasteiger partial charge in [0.1, 0.15) is 6.54 Å². The van der Waals surface area contributed by atoms with Crippen LogP contribution in [0.4, 0.5) is 19.0 Å². The van der Waals surface area contributed by atoms with Gasteiger partial charge in [-0.2, -0.15) is 18.3 Å². The third kappa shape index (κ3) is 3.56. The molecule has 0 aliphatic heterocycles. The summed E-state index contributed by atoms with van der Waals surface area (Å²) in [5.74, 6) is 0.259. The van der Waals surface area contributed by atoms with Gasteiger partial charge >= 0.3 is 6.18 Å². The van der Waals surface area contributed by atoms with E-state index < -0.39 is 12.7 Å². The van der Waals surface area contributed by atoms with Crippen molar-refractivity contribution in [3.63, 3.8) is 0 Å². The van der Waals surface area contributed by atoms with Gasteiger partial charge in [-0.1, -0.05) is 40.2 Å². The molecule has 19 heavy (non-hydrogen) atoms. The van der Waals surface area contributed by atoms with Crippen molar-refractivity contribution in [3.05, 3.63) is 30.5 Å². The van der Waals surface area contributed by atoms with Gasteiger partial charge in [0.15, 0.2) is 5.82 Å². The Bertz CT molecular complexity index is 554. The fourth-order valence-electron chi connectivity index (χ4n) is 1.82. The summed E-state index contributed by atoms with van der Waals surface area (Å²) >= 11 is 3.16. The van der Waals surface area contributed by atoms with Crippen LogP contribution in [0.25, 0.3) is 10.8 Å². The van der Waals surface area contributed by atoms with Gasteiger partial charge in [-0.25, -0.2) is 0 Å². The van der Waals surface area contributed by atoms with Crippen LogP contribution in [0.15, 0.2) is 30.5 Å². The van der Waals surface area contributed by atoms with Crippen molar-refractivity contribution in [2.24, 2.45) is 0 Å². The lowest BCUT2D eigenvalue weighted by molar-refractivity contribution is -0.119. The zero-order chi connectivity index (χ0) is 13.9. The number of rotatable bonds is 4. The third-order valence-electron chi connectivity index (χ3n) is 2.58. The third-order valence-corrected chi connectivity index (χ3v) is 2.93. The van der Waals surface area contributed by atoms with Crippen LogP contribution in [0.5, 0.6) is 0 Å². The predicted octanol–water partition coefficient (Wildman–Crippen LogP) is 3.39. The molecule has 0 unspecified atom stereocenters. The smallest absolute Gasteiger partial charge is 0.345 e. The number of anilines is 1. The van der Waals surface area contributed by atoms with Crippen LogP contribution in [0.3, 0.4) is 0 Å². The highest BCUT2D eigenvalue weighted by Crippen LogP contribution is 2.26. The van der Waals surface area contributed by atoms with Gasteiger partial charge in [0.25, 0.3) is 0 Å². The van der Waals surface area contributed by atoms with Crippen LogP contribution >= 0.6 is 15.9 Å². The highest BCUT2D eigenvalue weighted by Gasteiger charge is 2.31. The molecule has 0 aliphatic carbocycles. The fourth-order valence-corrected chi connectivity index (χ4v) is 2.25. The second kappa shape index (κ2) is 5.73. The number of alkyl halides is 4. The Morgan fingerprint density at radius 2 is 1.95 bits per heavy atom. The average Bonchev–Trinajstić information content (AvgIpc) is 2.36. The van der Waals surface area contributed by atoms with Gasteiger partial charge in [-0.3, -0.25) is 0 Å². The summed E-state index contributed by atoms with van der Waals surface area (Å²) in [7, 11) is 0. The molecule has 3 nitrogen and oxygen atoms in total. The minimum Gasteiger partial charge on any atom is -0.345 e. The molecule has 0 N–H and O–H groups in total. The molecule has 2 aromatic rings.